The van der Waals surface area contributed by atoms with Gasteiger partial charge in [-0.15, -0.1) is 0 Å². The molecule has 132 valence electrons. The molecular weight excluding hydrogens is 312 g/mol. The fraction of sp³-hybridized carbons (Fsp3) is 0.333. The molecule has 25 heavy (non-hydrogen) atoms. The van der Waals surface area contributed by atoms with Gasteiger partial charge in [-0.25, -0.2) is 5.43 Å². The second kappa shape index (κ2) is 9.02. The minimum absolute atomic E-state index is 0.0579. The zero-order valence-electron chi connectivity index (χ0n) is 15.4. The fourth-order valence-corrected chi connectivity index (χ4v) is 2.56. The van der Waals surface area contributed by atoms with Gasteiger partial charge >= 0.3 is 0 Å². The van der Waals surface area contributed by atoms with Crippen molar-refractivity contribution >= 4 is 12.1 Å². The van der Waals surface area contributed by atoms with Crippen molar-refractivity contribution in [1.82, 2.24) is 5.43 Å². The van der Waals surface area contributed by atoms with Crippen molar-refractivity contribution in [3.63, 3.8) is 0 Å². The van der Waals surface area contributed by atoms with E-state index < -0.39 is 0 Å². The zero-order chi connectivity index (χ0) is 18.2. The molecule has 2 aromatic carbocycles. The Morgan fingerprint density at radius 1 is 1.24 bits per heavy atom. The predicted molar refractivity (Wildman–Crippen MR) is 102 cm³/mol. The largest absolute Gasteiger partial charge is 0.483 e. The smallest absolute Gasteiger partial charge is 0.277 e. The first kappa shape index (κ1) is 18.7. The Hall–Kier alpha value is -2.62. The van der Waals surface area contributed by atoms with E-state index in [9.17, 15) is 4.79 Å². The number of amides is 1. The summed E-state index contributed by atoms with van der Waals surface area (Å²) in [6.45, 7) is 8.29. The fourth-order valence-electron chi connectivity index (χ4n) is 2.56. The predicted octanol–water partition coefficient (Wildman–Crippen LogP) is 4.35. The molecule has 0 spiro atoms. The molecule has 0 aromatic heterocycles. The van der Waals surface area contributed by atoms with E-state index in [1.807, 2.05) is 50.2 Å². The van der Waals surface area contributed by atoms with Crippen LogP contribution in [0.15, 0.2) is 47.6 Å². The first-order valence-electron chi connectivity index (χ1n) is 8.62. The summed E-state index contributed by atoms with van der Waals surface area (Å²) in [5.74, 6) is 0.868. The molecule has 1 atom stereocenters. The third-order valence-corrected chi connectivity index (χ3v) is 4.24. The number of hydrazone groups is 1. The molecule has 1 N–H and O–H groups in total. The average molecular weight is 338 g/mol. The number of nitrogens with zero attached hydrogens (tertiary/aromatic N) is 1. The molecule has 0 aliphatic heterocycles. The van der Waals surface area contributed by atoms with Gasteiger partial charge in [-0.3, -0.25) is 4.79 Å². The van der Waals surface area contributed by atoms with Crippen LogP contribution in [-0.4, -0.2) is 18.7 Å². The molecule has 2 aromatic rings. The van der Waals surface area contributed by atoms with Crippen LogP contribution in [0.1, 0.15) is 48.4 Å². The number of carbonyl (C=O) groups is 1. The van der Waals surface area contributed by atoms with Gasteiger partial charge in [0, 0.05) is 0 Å². The van der Waals surface area contributed by atoms with Crippen LogP contribution in [-0.2, 0) is 4.79 Å². The molecule has 0 bridgehead atoms. The van der Waals surface area contributed by atoms with E-state index in [1.54, 1.807) is 6.21 Å². The third-order valence-electron chi connectivity index (χ3n) is 4.24. The van der Waals surface area contributed by atoms with Crippen molar-refractivity contribution in [2.45, 2.75) is 40.0 Å². The second-order valence-corrected chi connectivity index (χ2v) is 6.29. The van der Waals surface area contributed by atoms with Crippen molar-refractivity contribution < 1.29 is 9.53 Å². The van der Waals surface area contributed by atoms with Crippen LogP contribution in [0.5, 0.6) is 5.75 Å². The summed E-state index contributed by atoms with van der Waals surface area (Å²) in [6.07, 6.45) is 2.67. The summed E-state index contributed by atoms with van der Waals surface area (Å²) in [5.41, 5.74) is 6.94. The number of carbonyl (C=O) groups excluding carboxylic acids is 1. The first-order chi connectivity index (χ1) is 12.0. The number of benzene rings is 2. The van der Waals surface area contributed by atoms with Crippen molar-refractivity contribution in [3.8, 4) is 5.75 Å². The lowest BCUT2D eigenvalue weighted by Gasteiger charge is -2.15. The quantitative estimate of drug-likeness (QED) is 0.603. The highest BCUT2D eigenvalue weighted by molar-refractivity contribution is 5.84. The minimum Gasteiger partial charge on any atom is -0.483 e. The molecule has 0 saturated carbocycles. The molecule has 1 unspecified atom stereocenters. The monoisotopic (exact) mass is 338 g/mol. The maximum Gasteiger partial charge on any atom is 0.277 e. The van der Waals surface area contributed by atoms with Gasteiger partial charge in [0.1, 0.15) is 5.75 Å². The van der Waals surface area contributed by atoms with E-state index in [1.165, 1.54) is 5.56 Å². The molecule has 0 aliphatic rings. The molecule has 0 aliphatic carbocycles. The van der Waals surface area contributed by atoms with E-state index in [0.717, 1.165) is 28.9 Å². The van der Waals surface area contributed by atoms with Crippen LogP contribution in [0, 0.1) is 13.8 Å². The molecule has 2 rings (SSSR count). The van der Waals surface area contributed by atoms with E-state index in [-0.39, 0.29) is 12.5 Å². The molecule has 4 heteroatoms. The van der Waals surface area contributed by atoms with Gasteiger partial charge in [-0.2, -0.15) is 5.10 Å². The van der Waals surface area contributed by atoms with Crippen LogP contribution < -0.4 is 10.2 Å². The number of rotatable bonds is 7. The lowest BCUT2D eigenvalue weighted by Crippen LogP contribution is -2.25. The Bertz CT molecular complexity index is 753. The van der Waals surface area contributed by atoms with E-state index in [4.69, 9.17) is 4.74 Å². The second-order valence-electron chi connectivity index (χ2n) is 6.29. The Morgan fingerprint density at radius 3 is 2.72 bits per heavy atom. The summed E-state index contributed by atoms with van der Waals surface area (Å²) >= 11 is 0. The maximum absolute atomic E-state index is 11.9. The van der Waals surface area contributed by atoms with E-state index in [2.05, 4.69) is 30.4 Å². The molecule has 1 amide bonds. The third kappa shape index (κ3) is 5.45. The highest BCUT2D eigenvalue weighted by atomic mass is 16.5. The van der Waals surface area contributed by atoms with Gasteiger partial charge in [0.25, 0.3) is 5.91 Å². The Balaban J connectivity index is 1.90. The van der Waals surface area contributed by atoms with Crippen LogP contribution in [0.4, 0.5) is 0 Å². The van der Waals surface area contributed by atoms with Gasteiger partial charge in [-0.1, -0.05) is 55.8 Å². The normalized spacial score (nSPS) is 12.2. The van der Waals surface area contributed by atoms with Crippen molar-refractivity contribution in [2.24, 2.45) is 5.10 Å². The van der Waals surface area contributed by atoms with Gasteiger partial charge in [0.05, 0.1) is 6.21 Å². The highest BCUT2D eigenvalue weighted by Gasteiger charge is 2.10. The molecular formula is C21H26N2O2. The van der Waals surface area contributed by atoms with Gasteiger partial charge in [0.2, 0.25) is 0 Å². The topological polar surface area (TPSA) is 50.7 Å². The summed E-state index contributed by atoms with van der Waals surface area (Å²) in [6, 6.07) is 13.9. The number of hydrogen-bond donors (Lipinski definition) is 1. The van der Waals surface area contributed by atoms with Crippen LogP contribution in [0.25, 0.3) is 0 Å². The van der Waals surface area contributed by atoms with Crippen molar-refractivity contribution in [3.05, 3.63) is 64.7 Å². The molecule has 0 saturated heterocycles. The highest BCUT2D eigenvalue weighted by Crippen LogP contribution is 2.28. The van der Waals surface area contributed by atoms with Crippen LogP contribution in [0.2, 0.25) is 0 Å². The van der Waals surface area contributed by atoms with Gasteiger partial charge in [-0.05, 0) is 48.9 Å². The van der Waals surface area contributed by atoms with Crippen LogP contribution >= 0.6 is 0 Å². The number of ether oxygens (including phenoxy) is 1. The summed E-state index contributed by atoms with van der Waals surface area (Å²) in [5, 5.41) is 4.01. The van der Waals surface area contributed by atoms with Crippen molar-refractivity contribution in [2.75, 3.05) is 6.61 Å². The van der Waals surface area contributed by atoms with Gasteiger partial charge < -0.3 is 4.74 Å². The SMILES string of the molecule is CCC(C)c1ccccc1OCC(=O)N/N=C/c1ccc(C)cc1C. The lowest BCUT2D eigenvalue weighted by atomic mass is 9.98. The molecule has 0 heterocycles. The first-order valence-corrected chi connectivity index (χ1v) is 8.62. The number of nitrogens with one attached hydrogen (secondary N) is 1. The summed E-state index contributed by atoms with van der Waals surface area (Å²) in [7, 11) is 0. The van der Waals surface area contributed by atoms with E-state index >= 15 is 0 Å². The number of hydrogen-bond acceptors (Lipinski definition) is 3. The Kier molecular flexibility index (Phi) is 6.75. The Morgan fingerprint density at radius 2 is 2.00 bits per heavy atom. The molecule has 0 fully saturated rings. The zero-order valence-corrected chi connectivity index (χ0v) is 15.4. The average Bonchev–Trinajstić information content (AvgIpc) is 2.61. The molecule has 4 nitrogen and oxygen atoms in total. The minimum atomic E-state index is -0.278. The number of aryl methyl sites for hydroxylation is 2. The standard InChI is InChI=1S/C21H26N2O2/c1-5-16(3)19-8-6-7-9-20(19)25-14-21(24)23-22-13-18-11-10-15(2)12-17(18)4/h6-13,16H,5,14H2,1-4H3,(H,23,24)/b22-13+. The van der Waals surface area contributed by atoms with E-state index in [0.29, 0.717) is 5.92 Å². The Labute approximate surface area is 149 Å². The summed E-state index contributed by atoms with van der Waals surface area (Å²) in [4.78, 5) is 11.9. The lowest BCUT2D eigenvalue weighted by molar-refractivity contribution is -0.123. The molecule has 0 radical (unpaired) electrons. The van der Waals surface area contributed by atoms with Crippen LogP contribution in [0.3, 0.4) is 0 Å². The van der Waals surface area contributed by atoms with Crippen molar-refractivity contribution in [1.29, 1.82) is 0 Å². The maximum atomic E-state index is 11.9. The summed E-state index contributed by atoms with van der Waals surface area (Å²) < 4.78 is 5.68. The number of para-hydroxylation sites is 1. The van der Waals surface area contributed by atoms with Gasteiger partial charge in [0.15, 0.2) is 6.61 Å².